The molecule has 5 nitrogen and oxygen atoms in total. The molecule has 8 heteroatoms. The quantitative estimate of drug-likeness (QED) is 0.595. The lowest BCUT2D eigenvalue weighted by atomic mass is 9.74. The lowest BCUT2D eigenvalue weighted by molar-refractivity contribution is -0.144. The zero-order valence-electron chi connectivity index (χ0n) is 20.4. The molecule has 1 aromatic heterocycles. The van der Waals surface area contributed by atoms with Crippen LogP contribution in [0.25, 0.3) is 5.57 Å². The Morgan fingerprint density at radius 1 is 1.24 bits per heavy atom. The second-order valence-corrected chi connectivity index (χ2v) is 10.4. The van der Waals surface area contributed by atoms with Crippen LogP contribution in [0.3, 0.4) is 0 Å². The van der Waals surface area contributed by atoms with Crippen molar-refractivity contribution in [1.82, 2.24) is 14.8 Å². The summed E-state index contributed by atoms with van der Waals surface area (Å²) in [5.74, 6) is 0.418. The molecule has 2 aliphatic heterocycles. The molecule has 1 saturated heterocycles. The molecule has 0 spiro atoms. The van der Waals surface area contributed by atoms with Crippen molar-refractivity contribution < 1.29 is 22.7 Å². The number of halogens is 3. The van der Waals surface area contributed by atoms with Crippen molar-refractivity contribution in [1.29, 1.82) is 0 Å². The molecule has 3 aliphatic rings. The Bertz CT molecular complexity index is 911. The summed E-state index contributed by atoms with van der Waals surface area (Å²) in [4.78, 5) is 22.4. The van der Waals surface area contributed by atoms with E-state index in [9.17, 15) is 18.0 Å². The van der Waals surface area contributed by atoms with Crippen LogP contribution in [0.15, 0.2) is 24.4 Å². The van der Waals surface area contributed by atoms with E-state index < -0.39 is 11.7 Å². The molecule has 1 saturated carbocycles. The Balaban J connectivity index is 1.45. The molecule has 1 aromatic rings. The molecule has 2 fully saturated rings. The molecule has 3 heterocycles. The molecule has 0 bridgehead atoms. The molecule has 2 atom stereocenters. The first-order valence-corrected chi connectivity index (χ1v) is 12.4. The number of hydrogen-bond donors (Lipinski definition) is 0. The normalized spacial score (nSPS) is 26.9. The number of carbonyl (C=O) groups excluding carboxylic acids is 1. The Labute approximate surface area is 200 Å². The van der Waals surface area contributed by atoms with E-state index in [-0.39, 0.29) is 17.2 Å². The van der Waals surface area contributed by atoms with Crippen molar-refractivity contribution in [2.24, 2.45) is 11.3 Å². The van der Waals surface area contributed by atoms with Crippen LogP contribution in [-0.4, -0.2) is 66.1 Å². The fourth-order valence-corrected chi connectivity index (χ4v) is 5.94. The first-order valence-electron chi connectivity index (χ1n) is 12.4. The summed E-state index contributed by atoms with van der Waals surface area (Å²) in [7, 11) is 2.19. The zero-order valence-corrected chi connectivity index (χ0v) is 20.4. The van der Waals surface area contributed by atoms with Crippen molar-refractivity contribution in [3.8, 4) is 0 Å². The third-order valence-corrected chi connectivity index (χ3v) is 8.31. The van der Waals surface area contributed by atoms with E-state index in [0.29, 0.717) is 37.3 Å². The van der Waals surface area contributed by atoms with Crippen LogP contribution in [0.5, 0.6) is 0 Å². The average Bonchev–Trinajstić information content (AvgIpc) is 3.30. The largest absolute Gasteiger partial charge is 0.416 e. The van der Waals surface area contributed by atoms with E-state index in [4.69, 9.17) is 4.74 Å². The van der Waals surface area contributed by atoms with Gasteiger partial charge in [0.2, 0.25) is 5.91 Å². The maximum Gasteiger partial charge on any atom is 0.416 e. The average molecular weight is 480 g/mol. The predicted molar refractivity (Wildman–Crippen MR) is 125 cm³/mol. The zero-order chi connectivity index (χ0) is 24.5. The van der Waals surface area contributed by atoms with E-state index in [1.807, 2.05) is 11.0 Å². The lowest BCUT2D eigenvalue weighted by Gasteiger charge is -2.40. The fraction of sp³-hybridized carbons (Fsp3) is 0.692. The van der Waals surface area contributed by atoms with Gasteiger partial charge in [-0.3, -0.25) is 9.78 Å². The van der Waals surface area contributed by atoms with E-state index >= 15 is 0 Å². The molecule has 0 aromatic carbocycles. The van der Waals surface area contributed by atoms with Crippen molar-refractivity contribution >= 4 is 11.5 Å². The topological polar surface area (TPSA) is 45.7 Å². The minimum atomic E-state index is -4.39. The van der Waals surface area contributed by atoms with E-state index in [1.54, 1.807) is 0 Å². The third-order valence-electron chi connectivity index (χ3n) is 8.31. The van der Waals surface area contributed by atoms with Gasteiger partial charge in [0.15, 0.2) is 0 Å². The molecular formula is C26H36F3N3O2. The van der Waals surface area contributed by atoms with E-state index in [0.717, 1.165) is 63.0 Å². The van der Waals surface area contributed by atoms with Crippen molar-refractivity contribution in [3.05, 3.63) is 35.7 Å². The maximum atomic E-state index is 13.8. The molecule has 1 aliphatic carbocycles. The van der Waals surface area contributed by atoms with Crippen LogP contribution < -0.4 is 0 Å². The SMILES string of the molecule is CC(C)[C@]1(C(=O)N2CC=C(c3cc(C(F)(F)F)ccn3)CC2)CC[C@@H](N(C)C2CCOCC2)C1. The number of nitrogens with zero attached hydrogens (tertiary/aromatic N) is 3. The first-order chi connectivity index (χ1) is 16.1. The Kier molecular flexibility index (Phi) is 7.38. The van der Waals surface area contributed by atoms with Gasteiger partial charge in [-0.2, -0.15) is 13.2 Å². The van der Waals surface area contributed by atoms with Crippen LogP contribution >= 0.6 is 0 Å². The van der Waals surface area contributed by atoms with Gasteiger partial charge >= 0.3 is 6.18 Å². The van der Waals surface area contributed by atoms with Crippen molar-refractivity contribution in [2.75, 3.05) is 33.4 Å². The van der Waals surface area contributed by atoms with Crippen LogP contribution in [0.2, 0.25) is 0 Å². The summed E-state index contributed by atoms with van der Waals surface area (Å²) in [6.45, 7) is 6.83. The second-order valence-electron chi connectivity index (χ2n) is 10.4. The smallest absolute Gasteiger partial charge is 0.381 e. The van der Waals surface area contributed by atoms with Crippen molar-refractivity contribution in [3.63, 3.8) is 0 Å². The van der Waals surface area contributed by atoms with Gasteiger partial charge in [-0.05, 0) is 69.2 Å². The van der Waals surface area contributed by atoms with Gasteiger partial charge in [-0.1, -0.05) is 19.9 Å². The van der Waals surface area contributed by atoms with Gasteiger partial charge in [-0.15, -0.1) is 0 Å². The number of hydrogen-bond acceptors (Lipinski definition) is 4. The minimum absolute atomic E-state index is 0.192. The number of amides is 1. The van der Waals surface area contributed by atoms with Crippen LogP contribution in [0, 0.1) is 11.3 Å². The molecule has 4 rings (SSSR count). The predicted octanol–water partition coefficient (Wildman–Crippen LogP) is 5.02. The summed E-state index contributed by atoms with van der Waals surface area (Å²) in [5, 5.41) is 0. The highest BCUT2D eigenvalue weighted by Crippen LogP contribution is 2.48. The Morgan fingerprint density at radius 3 is 2.59 bits per heavy atom. The molecule has 188 valence electrons. The maximum absolute atomic E-state index is 13.8. The van der Waals surface area contributed by atoms with Crippen LogP contribution in [0.4, 0.5) is 13.2 Å². The number of carbonyl (C=O) groups is 1. The van der Waals surface area contributed by atoms with E-state index in [2.05, 4.69) is 30.8 Å². The first kappa shape index (κ1) is 25.2. The number of pyridine rings is 1. The molecule has 0 unspecified atom stereocenters. The Hall–Kier alpha value is -1.93. The number of alkyl halides is 3. The molecule has 34 heavy (non-hydrogen) atoms. The molecule has 0 radical (unpaired) electrons. The van der Waals surface area contributed by atoms with Gasteiger partial charge in [0.1, 0.15) is 0 Å². The highest BCUT2D eigenvalue weighted by molar-refractivity contribution is 5.84. The summed E-state index contributed by atoms with van der Waals surface area (Å²) >= 11 is 0. The number of rotatable bonds is 5. The summed E-state index contributed by atoms with van der Waals surface area (Å²) in [6, 6.07) is 2.99. The van der Waals surface area contributed by atoms with Crippen molar-refractivity contribution in [2.45, 2.75) is 70.6 Å². The van der Waals surface area contributed by atoms with E-state index in [1.165, 1.54) is 6.20 Å². The fourth-order valence-electron chi connectivity index (χ4n) is 5.94. The highest BCUT2D eigenvalue weighted by Gasteiger charge is 2.50. The van der Waals surface area contributed by atoms with Gasteiger partial charge in [0.05, 0.1) is 16.7 Å². The summed E-state index contributed by atoms with van der Waals surface area (Å²) in [6.07, 6.45) is 4.04. The Morgan fingerprint density at radius 2 is 1.97 bits per heavy atom. The summed E-state index contributed by atoms with van der Waals surface area (Å²) in [5.41, 5.74) is 0.0438. The van der Waals surface area contributed by atoms with Gasteiger partial charge in [0.25, 0.3) is 0 Å². The van der Waals surface area contributed by atoms with Gasteiger partial charge in [0, 0.05) is 44.6 Å². The molecular weight excluding hydrogens is 443 g/mol. The van der Waals surface area contributed by atoms with Crippen LogP contribution in [0.1, 0.15) is 63.6 Å². The minimum Gasteiger partial charge on any atom is -0.381 e. The molecule has 1 amide bonds. The lowest BCUT2D eigenvalue weighted by Crippen LogP contribution is -2.49. The van der Waals surface area contributed by atoms with Gasteiger partial charge in [-0.25, -0.2) is 0 Å². The van der Waals surface area contributed by atoms with Gasteiger partial charge < -0.3 is 14.5 Å². The second kappa shape index (κ2) is 9.97. The summed E-state index contributed by atoms with van der Waals surface area (Å²) < 4.78 is 44.8. The highest BCUT2D eigenvalue weighted by atomic mass is 19.4. The number of ether oxygens (including phenoxy) is 1. The third kappa shape index (κ3) is 5.03. The van der Waals surface area contributed by atoms with Crippen LogP contribution in [-0.2, 0) is 15.7 Å². The number of aromatic nitrogens is 1. The monoisotopic (exact) mass is 479 g/mol. The standard InChI is InChI=1S/C26H36F3N3O2/c1-18(2)25(10-4-22(17-25)31(3)21-8-14-34-15-9-21)24(33)32-12-6-19(7-13-32)23-16-20(5-11-30-23)26(27,28)29/h5-6,11,16,18,21-22H,4,7-10,12-15,17H2,1-3H3/t22-,25+/m1/s1. The molecule has 0 N–H and O–H groups in total.